The minimum absolute atomic E-state index is 0.224. The number of urea groups is 1. The van der Waals surface area contributed by atoms with Crippen LogP contribution in [0.25, 0.3) is 0 Å². The van der Waals surface area contributed by atoms with Gasteiger partial charge in [-0.2, -0.15) is 0 Å². The van der Waals surface area contributed by atoms with Gasteiger partial charge in [-0.05, 0) is 54.6 Å². The summed E-state index contributed by atoms with van der Waals surface area (Å²) < 4.78 is 18.2. The molecule has 0 saturated carbocycles. The summed E-state index contributed by atoms with van der Waals surface area (Å²) in [4.78, 5) is 24.1. The van der Waals surface area contributed by atoms with Crippen molar-refractivity contribution >= 4 is 29.0 Å². The molecule has 0 radical (unpaired) electrons. The van der Waals surface area contributed by atoms with Crippen LogP contribution < -0.4 is 20.7 Å². The zero-order valence-corrected chi connectivity index (χ0v) is 14.8. The largest absolute Gasteiger partial charge is 0.484 e. The summed E-state index contributed by atoms with van der Waals surface area (Å²) in [5.74, 6) is -0.364. The summed E-state index contributed by atoms with van der Waals surface area (Å²) in [5.41, 5.74) is 1.69. The van der Waals surface area contributed by atoms with Crippen LogP contribution in [0.5, 0.6) is 5.75 Å². The van der Waals surface area contributed by atoms with E-state index >= 15 is 0 Å². The highest BCUT2D eigenvalue weighted by molar-refractivity contribution is 6.00. The van der Waals surface area contributed by atoms with Crippen molar-refractivity contribution in [1.82, 2.24) is 0 Å². The Morgan fingerprint density at radius 1 is 0.750 bits per heavy atom. The summed E-state index contributed by atoms with van der Waals surface area (Å²) >= 11 is 0. The fourth-order valence-electron chi connectivity index (χ4n) is 2.37. The number of nitrogens with one attached hydrogen (secondary N) is 3. The molecule has 0 saturated heterocycles. The highest BCUT2D eigenvalue weighted by Gasteiger charge is 2.07. The number of halogens is 1. The van der Waals surface area contributed by atoms with Gasteiger partial charge in [-0.25, -0.2) is 9.18 Å². The first-order chi connectivity index (χ1) is 13.6. The molecule has 7 heteroatoms. The maximum absolute atomic E-state index is 12.9. The first-order valence-electron chi connectivity index (χ1n) is 8.50. The van der Waals surface area contributed by atoms with E-state index in [4.69, 9.17) is 4.74 Å². The lowest BCUT2D eigenvalue weighted by Gasteiger charge is -2.10. The SMILES string of the molecule is O=C(COc1ccc(F)cc1)Nc1cccc(NC(=O)Nc2ccccc2)c1. The predicted molar refractivity (Wildman–Crippen MR) is 106 cm³/mol. The fourth-order valence-corrected chi connectivity index (χ4v) is 2.37. The van der Waals surface area contributed by atoms with Crippen LogP contribution in [0.2, 0.25) is 0 Å². The van der Waals surface area contributed by atoms with Crippen LogP contribution in [-0.4, -0.2) is 18.5 Å². The van der Waals surface area contributed by atoms with Crippen molar-refractivity contribution < 1.29 is 18.7 Å². The van der Waals surface area contributed by atoms with E-state index < -0.39 is 6.03 Å². The van der Waals surface area contributed by atoms with E-state index in [1.807, 2.05) is 18.2 Å². The average Bonchev–Trinajstić information content (AvgIpc) is 2.68. The average molecular weight is 379 g/mol. The number of hydrogen-bond acceptors (Lipinski definition) is 3. The zero-order chi connectivity index (χ0) is 19.8. The van der Waals surface area contributed by atoms with Gasteiger partial charge >= 0.3 is 6.03 Å². The van der Waals surface area contributed by atoms with Gasteiger partial charge in [0.05, 0.1) is 0 Å². The van der Waals surface area contributed by atoms with Crippen molar-refractivity contribution in [1.29, 1.82) is 0 Å². The van der Waals surface area contributed by atoms with Gasteiger partial charge in [0.25, 0.3) is 5.91 Å². The van der Waals surface area contributed by atoms with Crippen LogP contribution >= 0.6 is 0 Å². The number of para-hydroxylation sites is 1. The molecule has 0 aliphatic rings. The third kappa shape index (κ3) is 5.84. The van der Waals surface area contributed by atoms with Gasteiger partial charge in [0.15, 0.2) is 6.61 Å². The van der Waals surface area contributed by atoms with Gasteiger partial charge in [-0.15, -0.1) is 0 Å². The van der Waals surface area contributed by atoms with Gasteiger partial charge in [-0.1, -0.05) is 24.3 Å². The minimum Gasteiger partial charge on any atom is -0.484 e. The summed E-state index contributed by atoms with van der Waals surface area (Å²) in [6.45, 7) is -0.224. The van der Waals surface area contributed by atoms with Gasteiger partial charge < -0.3 is 20.7 Å². The van der Waals surface area contributed by atoms with E-state index in [-0.39, 0.29) is 18.3 Å². The van der Waals surface area contributed by atoms with Gasteiger partial charge in [0.1, 0.15) is 11.6 Å². The fraction of sp³-hybridized carbons (Fsp3) is 0.0476. The van der Waals surface area contributed by atoms with Gasteiger partial charge in [0.2, 0.25) is 0 Å². The summed E-state index contributed by atoms with van der Waals surface area (Å²) in [6.07, 6.45) is 0. The molecule has 0 aliphatic carbocycles. The lowest BCUT2D eigenvalue weighted by Crippen LogP contribution is -2.21. The Morgan fingerprint density at radius 3 is 2.07 bits per heavy atom. The maximum atomic E-state index is 12.9. The van der Waals surface area contributed by atoms with Crippen molar-refractivity contribution in [2.45, 2.75) is 0 Å². The van der Waals surface area contributed by atoms with Crippen LogP contribution in [0, 0.1) is 5.82 Å². The molecule has 3 N–H and O–H groups in total. The molecule has 6 nitrogen and oxygen atoms in total. The van der Waals surface area contributed by atoms with E-state index in [0.717, 1.165) is 0 Å². The van der Waals surface area contributed by atoms with Crippen molar-refractivity contribution in [3.8, 4) is 5.75 Å². The smallest absolute Gasteiger partial charge is 0.323 e. The second kappa shape index (κ2) is 9.18. The Labute approximate surface area is 161 Å². The van der Waals surface area contributed by atoms with Crippen LogP contribution in [0.15, 0.2) is 78.9 Å². The standard InChI is InChI=1S/C21H18FN3O3/c22-15-9-11-19(12-10-15)28-14-20(26)23-17-7-4-8-18(13-17)25-21(27)24-16-5-2-1-3-6-16/h1-13H,14H2,(H,23,26)(H2,24,25,27). The lowest BCUT2D eigenvalue weighted by molar-refractivity contribution is -0.118. The summed E-state index contributed by atoms with van der Waals surface area (Å²) in [6, 6.07) is 20.8. The van der Waals surface area contributed by atoms with Gasteiger partial charge in [0, 0.05) is 17.1 Å². The number of rotatable bonds is 6. The Bertz CT molecular complexity index is 947. The van der Waals surface area contributed by atoms with Crippen molar-refractivity contribution in [2.75, 3.05) is 22.6 Å². The molecule has 0 aliphatic heterocycles. The first kappa shape index (κ1) is 18.9. The Kier molecular flexibility index (Phi) is 6.20. The quantitative estimate of drug-likeness (QED) is 0.590. The predicted octanol–water partition coefficient (Wildman–Crippen LogP) is 4.49. The van der Waals surface area contributed by atoms with Crippen molar-refractivity contribution in [3.63, 3.8) is 0 Å². The number of anilines is 3. The third-order valence-corrected chi connectivity index (χ3v) is 3.62. The minimum atomic E-state index is -0.394. The zero-order valence-electron chi connectivity index (χ0n) is 14.8. The molecule has 0 fully saturated rings. The van der Waals surface area contributed by atoms with E-state index in [9.17, 15) is 14.0 Å². The molecule has 3 rings (SSSR count). The van der Waals surface area contributed by atoms with Crippen LogP contribution in [0.3, 0.4) is 0 Å². The molecule has 0 atom stereocenters. The molecule has 0 aromatic heterocycles. The van der Waals surface area contributed by atoms with Crippen LogP contribution in [-0.2, 0) is 4.79 Å². The summed E-state index contributed by atoms with van der Waals surface area (Å²) in [5, 5.41) is 8.09. The monoisotopic (exact) mass is 379 g/mol. The highest BCUT2D eigenvalue weighted by Crippen LogP contribution is 2.16. The molecule has 3 amide bonds. The Morgan fingerprint density at radius 2 is 1.36 bits per heavy atom. The number of carbonyl (C=O) groups excluding carboxylic acids is 2. The number of carbonyl (C=O) groups is 2. The highest BCUT2D eigenvalue weighted by atomic mass is 19.1. The molecule has 3 aromatic carbocycles. The molecule has 142 valence electrons. The first-order valence-corrected chi connectivity index (χ1v) is 8.50. The van der Waals surface area contributed by atoms with Crippen LogP contribution in [0.4, 0.5) is 26.2 Å². The van der Waals surface area contributed by atoms with E-state index in [2.05, 4.69) is 16.0 Å². The normalized spacial score (nSPS) is 10.0. The molecular formula is C21H18FN3O3. The topological polar surface area (TPSA) is 79.5 Å². The third-order valence-electron chi connectivity index (χ3n) is 3.62. The second-order valence-corrected chi connectivity index (χ2v) is 5.82. The molecule has 0 unspecified atom stereocenters. The van der Waals surface area contributed by atoms with Crippen LogP contribution in [0.1, 0.15) is 0 Å². The summed E-state index contributed by atoms with van der Waals surface area (Å²) in [7, 11) is 0. The molecule has 28 heavy (non-hydrogen) atoms. The maximum Gasteiger partial charge on any atom is 0.323 e. The lowest BCUT2D eigenvalue weighted by atomic mass is 10.2. The number of benzene rings is 3. The second-order valence-electron chi connectivity index (χ2n) is 5.82. The Hall–Kier alpha value is -3.87. The molecule has 0 spiro atoms. The molecular weight excluding hydrogens is 361 g/mol. The van der Waals surface area contributed by atoms with E-state index in [1.165, 1.54) is 24.3 Å². The number of amides is 3. The molecule has 0 heterocycles. The number of ether oxygens (including phenoxy) is 1. The van der Waals surface area contributed by atoms with Crippen molar-refractivity contribution in [3.05, 3.63) is 84.7 Å². The Balaban J connectivity index is 1.51. The molecule has 3 aromatic rings. The van der Waals surface area contributed by atoms with Crippen molar-refractivity contribution in [2.24, 2.45) is 0 Å². The number of hydrogen-bond donors (Lipinski definition) is 3. The molecule has 0 bridgehead atoms. The van der Waals surface area contributed by atoms with Gasteiger partial charge in [-0.3, -0.25) is 4.79 Å². The van der Waals surface area contributed by atoms with E-state index in [1.54, 1.807) is 36.4 Å². The van der Waals surface area contributed by atoms with E-state index in [0.29, 0.717) is 22.8 Å².